The topological polar surface area (TPSA) is 38.4 Å². The lowest BCUT2D eigenvalue weighted by molar-refractivity contribution is 1.28. The Bertz CT molecular complexity index is 143. The van der Waals surface area contributed by atoms with Gasteiger partial charge in [0, 0.05) is 12.4 Å². The molecule has 0 aromatic heterocycles. The Morgan fingerprint density at radius 3 is 2.67 bits per heavy atom. The maximum Gasteiger partial charge on any atom is 0.0526 e. The third-order valence-electron chi connectivity index (χ3n) is 0.798. The maximum absolute atomic E-state index is 5.15. The van der Waals surface area contributed by atoms with Crippen LogP contribution < -0.4 is 5.73 Å². The number of rotatable bonds is 2. The van der Waals surface area contributed by atoms with E-state index in [1.165, 1.54) is 6.20 Å². The molecule has 0 spiro atoms. The first-order valence-corrected chi connectivity index (χ1v) is 2.85. The maximum atomic E-state index is 5.15. The van der Waals surface area contributed by atoms with Crippen molar-refractivity contribution in [2.24, 2.45) is 10.7 Å². The Morgan fingerprint density at radius 1 is 1.56 bits per heavy atom. The van der Waals surface area contributed by atoms with E-state index in [-0.39, 0.29) is 0 Å². The van der Waals surface area contributed by atoms with Crippen LogP contribution in [0.2, 0.25) is 0 Å². The molecular formula is C7H12N2. The summed E-state index contributed by atoms with van der Waals surface area (Å²) in [6, 6.07) is 0. The fraction of sp³-hybridized carbons (Fsp3) is 0.286. The van der Waals surface area contributed by atoms with Crippen LogP contribution in [0.4, 0.5) is 0 Å². The van der Waals surface area contributed by atoms with Crippen LogP contribution in [0.25, 0.3) is 0 Å². The van der Waals surface area contributed by atoms with Gasteiger partial charge in [-0.05, 0) is 19.9 Å². The SMILES string of the molecule is C/C=C/C=N/C(C)=C\N. The summed E-state index contributed by atoms with van der Waals surface area (Å²) < 4.78 is 0. The zero-order valence-corrected chi connectivity index (χ0v) is 5.83. The van der Waals surface area contributed by atoms with E-state index in [0.717, 1.165) is 5.70 Å². The number of aliphatic imine (C=N–C) groups is 1. The molecule has 0 fully saturated rings. The van der Waals surface area contributed by atoms with Gasteiger partial charge in [0.15, 0.2) is 0 Å². The highest BCUT2D eigenvalue weighted by molar-refractivity contribution is 5.71. The predicted molar refractivity (Wildman–Crippen MR) is 41.3 cm³/mol. The Morgan fingerprint density at radius 2 is 2.22 bits per heavy atom. The lowest BCUT2D eigenvalue weighted by Crippen LogP contribution is -1.80. The van der Waals surface area contributed by atoms with Crippen molar-refractivity contribution in [2.45, 2.75) is 13.8 Å². The first kappa shape index (κ1) is 7.95. The molecule has 0 saturated carbocycles. The number of hydrogen-bond donors (Lipinski definition) is 1. The highest BCUT2D eigenvalue weighted by Gasteiger charge is 1.72. The summed E-state index contributed by atoms with van der Waals surface area (Å²) in [6.45, 7) is 3.79. The monoisotopic (exact) mass is 124 g/mol. The predicted octanol–water partition coefficient (Wildman–Crippen LogP) is 1.45. The molecule has 0 unspecified atom stereocenters. The van der Waals surface area contributed by atoms with Gasteiger partial charge in [-0.15, -0.1) is 0 Å². The molecule has 0 atom stereocenters. The van der Waals surface area contributed by atoms with Crippen LogP contribution in [-0.2, 0) is 0 Å². The van der Waals surface area contributed by atoms with Crippen LogP contribution in [0.5, 0.6) is 0 Å². The molecule has 0 rings (SSSR count). The molecule has 50 valence electrons. The van der Waals surface area contributed by atoms with E-state index in [2.05, 4.69) is 4.99 Å². The second-order valence-electron chi connectivity index (χ2n) is 1.61. The first-order valence-electron chi connectivity index (χ1n) is 2.85. The van der Waals surface area contributed by atoms with Crippen molar-refractivity contribution >= 4 is 6.21 Å². The van der Waals surface area contributed by atoms with E-state index in [4.69, 9.17) is 5.73 Å². The zero-order chi connectivity index (χ0) is 7.11. The summed E-state index contributed by atoms with van der Waals surface area (Å²) in [5.41, 5.74) is 5.98. The van der Waals surface area contributed by atoms with Gasteiger partial charge in [0.05, 0.1) is 5.70 Å². The Kier molecular flexibility index (Phi) is 4.50. The Balaban J connectivity index is 3.71. The second-order valence-corrected chi connectivity index (χ2v) is 1.61. The molecule has 0 aliphatic heterocycles. The van der Waals surface area contributed by atoms with Crippen LogP contribution in [0.3, 0.4) is 0 Å². The number of nitrogens with zero attached hydrogens (tertiary/aromatic N) is 1. The number of allylic oxidation sites excluding steroid dienone is 3. The van der Waals surface area contributed by atoms with Crippen molar-refractivity contribution in [1.82, 2.24) is 0 Å². The smallest absolute Gasteiger partial charge is 0.0526 e. The van der Waals surface area contributed by atoms with E-state index < -0.39 is 0 Å². The molecule has 9 heavy (non-hydrogen) atoms. The number of hydrogen-bond acceptors (Lipinski definition) is 2. The normalized spacial score (nSPS) is 13.8. The minimum absolute atomic E-state index is 0.827. The third-order valence-corrected chi connectivity index (χ3v) is 0.798. The quantitative estimate of drug-likeness (QED) is 0.556. The largest absolute Gasteiger partial charge is 0.403 e. The Labute approximate surface area is 55.8 Å². The van der Waals surface area contributed by atoms with Crippen molar-refractivity contribution < 1.29 is 0 Å². The van der Waals surface area contributed by atoms with E-state index in [1.807, 2.05) is 26.0 Å². The average Bonchev–Trinajstić information content (AvgIpc) is 1.89. The van der Waals surface area contributed by atoms with Gasteiger partial charge < -0.3 is 5.73 Å². The summed E-state index contributed by atoms with van der Waals surface area (Å²) >= 11 is 0. The molecule has 0 aromatic rings. The van der Waals surface area contributed by atoms with Gasteiger partial charge in [-0.3, -0.25) is 4.99 Å². The fourth-order valence-electron chi connectivity index (χ4n) is 0.290. The third kappa shape index (κ3) is 4.81. The molecule has 0 radical (unpaired) electrons. The van der Waals surface area contributed by atoms with E-state index >= 15 is 0 Å². The molecule has 0 heterocycles. The second kappa shape index (κ2) is 5.09. The molecule has 2 nitrogen and oxygen atoms in total. The van der Waals surface area contributed by atoms with Crippen LogP contribution in [0.15, 0.2) is 29.0 Å². The Hall–Kier alpha value is -1.05. The summed E-state index contributed by atoms with van der Waals surface area (Å²) in [5.74, 6) is 0. The van der Waals surface area contributed by atoms with Gasteiger partial charge in [0.25, 0.3) is 0 Å². The van der Waals surface area contributed by atoms with Crippen molar-refractivity contribution in [3.63, 3.8) is 0 Å². The molecule has 2 N–H and O–H groups in total. The lowest BCUT2D eigenvalue weighted by atomic mass is 10.5. The molecule has 0 amide bonds. The molecule has 0 bridgehead atoms. The van der Waals surface area contributed by atoms with Crippen molar-refractivity contribution in [3.8, 4) is 0 Å². The van der Waals surface area contributed by atoms with Gasteiger partial charge in [0.2, 0.25) is 0 Å². The summed E-state index contributed by atoms with van der Waals surface area (Å²) in [6.07, 6.45) is 6.94. The number of nitrogens with two attached hydrogens (primary N) is 1. The highest BCUT2D eigenvalue weighted by atomic mass is 14.7. The van der Waals surface area contributed by atoms with E-state index in [1.54, 1.807) is 6.21 Å². The zero-order valence-electron chi connectivity index (χ0n) is 5.83. The fourth-order valence-corrected chi connectivity index (χ4v) is 0.290. The molecule has 0 aliphatic rings. The minimum atomic E-state index is 0.827. The van der Waals surface area contributed by atoms with E-state index in [0.29, 0.717) is 0 Å². The molecule has 0 aliphatic carbocycles. The van der Waals surface area contributed by atoms with Gasteiger partial charge >= 0.3 is 0 Å². The van der Waals surface area contributed by atoms with Crippen LogP contribution in [-0.4, -0.2) is 6.21 Å². The highest BCUT2D eigenvalue weighted by Crippen LogP contribution is 1.87. The standard InChI is InChI=1S/C7H12N2/c1-3-4-5-9-7(2)6-8/h3-6H,8H2,1-2H3/b4-3+,7-6-,9-5+. The van der Waals surface area contributed by atoms with Gasteiger partial charge in [-0.25, -0.2) is 0 Å². The minimum Gasteiger partial charge on any atom is -0.403 e. The van der Waals surface area contributed by atoms with E-state index in [9.17, 15) is 0 Å². The first-order chi connectivity index (χ1) is 4.31. The van der Waals surface area contributed by atoms with Crippen LogP contribution in [0.1, 0.15) is 13.8 Å². The molecule has 0 saturated heterocycles. The molecule has 2 heteroatoms. The van der Waals surface area contributed by atoms with Gasteiger partial charge in [-0.1, -0.05) is 6.08 Å². The molecular weight excluding hydrogens is 112 g/mol. The lowest BCUT2D eigenvalue weighted by Gasteiger charge is -1.83. The average molecular weight is 124 g/mol. The van der Waals surface area contributed by atoms with Crippen molar-refractivity contribution in [2.75, 3.05) is 0 Å². The summed E-state index contributed by atoms with van der Waals surface area (Å²) in [5, 5.41) is 0. The van der Waals surface area contributed by atoms with Crippen molar-refractivity contribution in [1.29, 1.82) is 0 Å². The van der Waals surface area contributed by atoms with Gasteiger partial charge in [-0.2, -0.15) is 0 Å². The molecule has 0 aromatic carbocycles. The van der Waals surface area contributed by atoms with Gasteiger partial charge in [0.1, 0.15) is 0 Å². The van der Waals surface area contributed by atoms with Crippen LogP contribution >= 0.6 is 0 Å². The summed E-state index contributed by atoms with van der Waals surface area (Å²) in [7, 11) is 0. The van der Waals surface area contributed by atoms with Crippen molar-refractivity contribution in [3.05, 3.63) is 24.0 Å². The van der Waals surface area contributed by atoms with Crippen LogP contribution in [0, 0.1) is 0 Å². The summed E-state index contributed by atoms with van der Waals surface area (Å²) in [4.78, 5) is 3.96.